The summed E-state index contributed by atoms with van der Waals surface area (Å²) in [5, 5.41) is 12.3. The summed E-state index contributed by atoms with van der Waals surface area (Å²) < 4.78 is 22.7. The Hall–Kier alpha value is -0.820. The minimum atomic E-state index is -3.71. The molecule has 0 aromatic heterocycles. The fourth-order valence-corrected chi connectivity index (χ4v) is 3.21. The van der Waals surface area contributed by atoms with Crippen molar-refractivity contribution in [2.75, 3.05) is 11.9 Å². The minimum Gasteiger partial charge on any atom is -0.381 e. The van der Waals surface area contributed by atoms with Gasteiger partial charge >= 0.3 is 0 Å². The molecule has 0 saturated carbocycles. The standard InChI is InChI=1S/C13H20ClN3O2S/c1-9(7-10-3-2-6-16-10)17-13-8-11(20(15,18)19)4-5-12(13)14/h4-5,8-10,16-17H,2-3,6-7H2,1H3,(H2,15,18,19). The first-order valence-electron chi connectivity index (χ1n) is 6.68. The van der Waals surface area contributed by atoms with E-state index in [0.29, 0.717) is 16.8 Å². The Morgan fingerprint density at radius 1 is 1.55 bits per heavy atom. The number of sulfonamides is 1. The Morgan fingerprint density at radius 3 is 2.90 bits per heavy atom. The molecule has 1 aliphatic rings. The van der Waals surface area contributed by atoms with Gasteiger partial charge in [-0.1, -0.05) is 11.6 Å². The topological polar surface area (TPSA) is 84.2 Å². The molecule has 1 saturated heterocycles. The van der Waals surface area contributed by atoms with Crippen LogP contribution in [0.2, 0.25) is 5.02 Å². The summed E-state index contributed by atoms with van der Waals surface area (Å²) in [5.74, 6) is 0. The van der Waals surface area contributed by atoms with Crippen molar-refractivity contribution in [3.05, 3.63) is 23.2 Å². The van der Waals surface area contributed by atoms with Gasteiger partial charge in [-0.25, -0.2) is 13.6 Å². The van der Waals surface area contributed by atoms with Crippen LogP contribution in [0.25, 0.3) is 0 Å². The van der Waals surface area contributed by atoms with Crippen molar-refractivity contribution >= 4 is 27.3 Å². The normalized spacial score (nSPS) is 20.9. The molecule has 0 bridgehead atoms. The van der Waals surface area contributed by atoms with Gasteiger partial charge in [0.1, 0.15) is 0 Å². The van der Waals surface area contributed by atoms with Gasteiger partial charge < -0.3 is 10.6 Å². The number of anilines is 1. The first-order chi connectivity index (χ1) is 9.36. The molecule has 20 heavy (non-hydrogen) atoms. The number of nitrogens with one attached hydrogen (secondary N) is 2. The molecule has 5 nitrogen and oxygen atoms in total. The van der Waals surface area contributed by atoms with Gasteiger partial charge in [-0.05, 0) is 50.9 Å². The van der Waals surface area contributed by atoms with Crippen LogP contribution in [0.1, 0.15) is 26.2 Å². The zero-order valence-corrected chi connectivity index (χ0v) is 13.0. The molecule has 1 aliphatic heterocycles. The smallest absolute Gasteiger partial charge is 0.238 e. The van der Waals surface area contributed by atoms with Crippen LogP contribution in [0.5, 0.6) is 0 Å². The average molecular weight is 318 g/mol. The zero-order valence-electron chi connectivity index (χ0n) is 11.4. The number of rotatable bonds is 5. The summed E-state index contributed by atoms with van der Waals surface area (Å²) in [6.45, 7) is 3.12. The maximum atomic E-state index is 11.4. The van der Waals surface area contributed by atoms with Crippen molar-refractivity contribution in [2.45, 2.75) is 43.2 Å². The van der Waals surface area contributed by atoms with E-state index >= 15 is 0 Å². The molecule has 112 valence electrons. The number of halogens is 1. The summed E-state index contributed by atoms with van der Waals surface area (Å²) in [7, 11) is -3.71. The van der Waals surface area contributed by atoms with Crippen molar-refractivity contribution in [3.8, 4) is 0 Å². The second-order valence-electron chi connectivity index (χ2n) is 5.26. The second kappa shape index (κ2) is 6.30. The van der Waals surface area contributed by atoms with E-state index in [1.807, 2.05) is 0 Å². The quantitative estimate of drug-likeness (QED) is 0.774. The first kappa shape index (κ1) is 15.6. The summed E-state index contributed by atoms with van der Waals surface area (Å²) in [5.41, 5.74) is 0.601. The zero-order chi connectivity index (χ0) is 14.8. The highest BCUT2D eigenvalue weighted by atomic mass is 35.5. The predicted molar refractivity (Wildman–Crippen MR) is 81.6 cm³/mol. The van der Waals surface area contributed by atoms with Gasteiger partial charge in [-0.2, -0.15) is 0 Å². The number of nitrogens with two attached hydrogens (primary N) is 1. The molecule has 1 fully saturated rings. The molecule has 4 N–H and O–H groups in total. The molecule has 0 spiro atoms. The summed E-state index contributed by atoms with van der Waals surface area (Å²) in [6, 6.07) is 5.14. The van der Waals surface area contributed by atoms with Gasteiger partial charge in [0, 0.05) is 12.1 Å². The molecular weight excluding hydrogens is 298 g/mol. The number of hydrogen-bond donors (Lipinski definition) is 3. The maximum Gasteiger partial charge on any atom is 0.238 e. The SMILES string of the molecule is CC(CC1CCCN1)Nc1cc(S(N)(=O)=O)ccc1Cl. The van der Waals surface area contributed by atoms with E-state index in [1.165, 1.54) is 25.0 Å². The monoisotopic (exact) mass is 317 g/mol. The van der Waals surface area contributed by atoms with Crippen LogP contribution in [0, 0.1) is 0 Å². The van der Waals surface area contributed by atoms with Crippen molar-refractivity contribution < 1.29 is 8.42 Å². The Balaban J connectivity index is 2.07. The maximum absolute atomic E-state index is 11.4. The van der Waals surface area contributed by atoms with Crippen molar-refractivity contribution in [1.29, 1.82) is 0 Å². The summed E-state index contributed by atoms with van der Waals surface area (Å²) in [4.78, 5) is 0.0654. The van der Waals surface area contributed by atoms with Crippen LogP contribution in [-0.4, -0.2) is 27.0 Å². The highest BCUT2D eigenvalue weighted by molar-refractivity contribution is 7.89. The molecule has 7 heteroatoms. The van der Waals surface area contributed by atoms with E-state index in [2.05, 4.69) is 17.6 Å². The average Bonchev–Trinajstić information content (AvgIpc) is 2.83. The van der Waals surface area contributed by atoms with Crippen LogP contribution in [0.15, 0.2) is 23.1 Å². The van der Waals surface area contributed by atoms with Crippen LogP contribution in [0.4, 0.5) is 5.69 Å². The lowest BCUT2D eigenvalue weighted by molar-refractivity contribution is 0.523. The highest BCUT2D eigenvalue weighted by Gasteiger charge is 2.18. The largest absolute Gasteiger partial charge is 0.381 e. The van der Waals surface area contributed by atoms with Crippen LogP contribution in [0.3, 0.4) is 0 Å². The van der Waals surface area contributed by atoms with Gasteiger partial charge in [0.15, 0.2) is 0 Å². The predicted octanol–water partition coefficient (Wildman–Crippen LogP) is 1.93. The molecule has 0 amide bonds. The van der Waals surface area contributed by atoms with Gasteiger partial charge in [-0.3, -0.25) is 0 Å². The minimum absolute atomic E-state index is 0.0654. The van der Waals surface area contributed by atoms with E-state index in [4.69, 9.17) is 16.7 Å². The molecule has 1 aromatic carbocycles. The third kappa shape index (κ3) is 4.09. The fraction of sp³-hybridized carbons (Fsp3) is 0.538. The molecule has 0 radical (unpaired) electrons. The molecule has 0 aliphatic carbocycles. The van der Waals surface area contributed by atoms with Crippen molar-refractivity contribution in [3.63, 3.8) is 0 Å². The Kier molecular flexibility index (Phi) is 4.90. The Labute approximate surface area is 124 Å². The lowest BCUT2D eigenvalue weighted by atomic mass is 10.1. The lowest BCUT2D eigenvalue weighted by Crippen LogP contribution is -2.29. The van der Waals surface area contributed by atoms with Crippen LogP contribution >= 0.6 is 11.6 Å². The Bertz CT molecular complexity index is 571. The van der Waals surface area contributed by atoms with Crippen LogP contribution in [-0.2, 0) is 10.0 Å². The van der Waals surface area contributed by atoms with Gasteiger partial charge in [0.25, 0.3) is 0 Å². The van der Waals surface area contributed by atoms with Crippen molar-refractivity contribution in [2.24, 2.45) is 5.14 Å². The molecule has 2 rings (SSSR count). The molecule has 1 heterocycles. The van der Waals surface area contributed by atoms with Gasteiger partial charge in [-0.15, -0.1) is 0 Å². The van der Waals surface area contributed by atoms with Crippen molar-refractivity contribution in [1.82, 2.24) is 5.32 Å². The molecule has 2 atom stereocenters. The summed E-state index contributed by atoms with van der Waals surface area (Å²) >= 11 is 6.09. The van der Waals surface area contributed by atoms with Gasteiger partial charge in [0.2, 0.25) is 10.0 Å². The van der Waals surface area contributed by atoms with E-state index in [1.54, 1.807) is 6.07 Å². The fourth-order valence-electron chi connectivity index (χ4n) is 2.50. The third-order valence-corrected chi connectivity index (χ3v) is 4.71. The van der Waals surface area contributed by atoms with E-state index in [-0.39, 0.29) is 10.9 Å². The van der Waals surface area contributed by atoms with E-state index < -0.39 is 10.0 Å². The number of primary sulfonamides is 1. The first-order valence-corrected chi connectivity index (χ1v) is 8.61. The third-order valence-electron chi connectivity index (χ3n) is 3.47. The van der Waals surface area contributed by atoms with Crippen LogP contribution < -0.4 is 15.8 Å². The summed E-state index contributed by atoms with van der Waals surface area (Å²) in [6.07, 6.45) is 3.35. The number of benzene rings is 1. The molecule has 2 unspecified atom stereocenters. The molecular formula is C13H20ClN3O2S. The lowest BCUT2D eigenvalue weighted by Gasteiger charge is -2.20. The van der Waals surface area contributed by atoms with E-state index in [0.717, 1.165) is 13.0 Å². The molecule has 1 aromatic rings. The number of hydrogen-bond acceptors (Lipinski definition) is 4. The Morgan fingerprint density at radius 2 is 2.30 bits per heavy atom. The van der Waals surface area contributed by atoms with Gasteiger partial charge in [0.05, 0.1) is 15.6 Å². The second-order valence-corrected chi connectivity index (χ2v) is 7.23. The van der Waals surface area contributed by atoms with E-state index in [9.17, 15) is 8.42 Å². The highest BCUT2D eigenvalue weighted by Crippen LogP contribution is 2.26.